The molecular weight excluding hydrogens is 224 g/mol. The Labute approximate surface area is 106 Å². The van der Waals surface area contributed by atoms with Gasteiger partial charge in [-0.25, -0.2) is 9.97 Å². The van der Waals surface area contributed by atoms with Gasteiger partial charge in [-0.15, -0.1) is 0 Å². The van der Waals surface area contributed by atoms with E-state index < -0.39 is 0 Å². The van der Waals surface area contributed by atoms with Gasteiger partial charge < -0.3 is 10.2 Å². The standard InChI is InChI=1S/C14H16N4/c1-2-4-13-10(3-1)7-16-14(17-13)18-8-11-5-15-6-12(11)9-18/h1-4,7,11-12,15H,5-6,8-9H2/t11-,12+. The molecule has 0 radical (unpaired) electrons. The smallest absolute Gasteiger partial charge is 0.225 e. The van der Waals surface area contributed by atoms with Gasteiger partial charge in [-0.1, -0.05) is 18.2 Å². The average Bonchev–Trinajstić information content (AvgIpc) is 2.99. The first-order chi connectivity index (χ1) is 8.90. The number of benzene rings is 1. The van der Waals surface area contributed by atoms with Crippen LogP contribution in [0.25, 0.3) is 10.9 Å². The Morgan fingerprint density at radius 1 is 1.11 bits per heavy atom. The number of para-hydroxylation sites is 1. The van der Waals surface area contributed by atoms with E-state index in [4.69, 9.17) is 0 Å². The van der Waals surface area contributed by atoms with Crippen LogP contribution in [-0.2, 0) is 0 Å². The highest BCUT2D eigenvalue weighted by molar-refractivity contribution is 5.78. The monoisotopic (exact) mass is 240 g/mol. The summed E-state index contributed by atoms with van der Waals surface area (Å²) >= 11 is 0. The van der Waals surface area contributed by atoms with Gasteiger partial charge >= 0.3 is 0 Å². The Kier molecular flexibility index (Phi) is 2.23. The molecule has 1 N–H and O–H groups in total. The van der Waals surface area contributed by atoms with Crippen molar-refractivity contribution in [1.29, 1.82) is 0 Å². The zero-order valence-corrected chi connectivity index (χ0v) is 10.2. The molecule has 1 aromatic carbocycles. The zero-order chi connectivity index (χ0) is 11.9. The summed E-state index contributed by atoms with van der Waals surface area (Å²) in [4.78, 5) is 11.5. The molecule has 18 heavy (non-hydrogen) atoms. The van der Waals surface area contributed by atoms with Crippen molar-refractivity contribution in [2.45, 2.75) is 0 Å². The number of rotatable bonds is 1. The molecule has 2 fully saturated rings. The van der Waals surface area contributed by atoms with Crippen molar-refractivity contribution in [3.63, 3.8) is 0 Å². The second kappa shape index (κ2) is 3.92. The molecule has 2 atom stereocenters. The van der Waals surface area contributed by atoms with Gasteiger partial charge in [0.2, 0.25) is 5.95 Å². The molecule has 1 aromatic heterocycles. The lowest BCUT2D eigenvalue weighted by Crippen LogP contribution is -2.26. The Morgan fingerprint density at radius 2 is 1.89 bits per heavy atom. The molecule has 4 heteroatoms. The first-order valence-electron chi connectivity index (χ1n) is 6.57. The third kappa shape index (κ3) is 1.56. The van der Waals surface area contributed by atoms with E-state index in [-0.39, 0.29) is 0 Å². The zero-order valence-electron chi connectivity index (χ0n) is 10.2. The number of hydrogen-bond donors (Lipinski definition) is 1. The number of nitrogens with one attached hydrogen (secondary N) is 1. The third-order valence-electron chi connectivity index (χ3n) is 4.15. The summed E-state index contributed by atoms with van der Waals surface area (Å²) in [6.45, 7) is 4.48. The summed E-state index contributed by atoms with van der Waals surface area (Å²) in [5, 5.41) is 4.57. The van der Waals surface area contributed by atoms with Crippen LogP contribution in [0.3, 0.4) is 0 Å². The Bertz CT molecular complexity index is 571. The van der Waals surface area contributed by atoms with Crippen LogP contribution < -0.4 is 10.2 Å². The van der Waals surface area contributed by atoms with Crippen molar-refractivity contribution in [3.8, 4) is 0 Å². The minimum absolute atomic E-state index is 0.778. The summed E-state index contributed by atoms with van der Waals surface area (Å²) in [7, 11) is 0. The molecule has 2 saturated heterocycles. The van der Waals surface area contributed by atoms with Crippen LogP contribution in [0.5, 0.6) is 0 Å². The third-order valence-corrected chi connectivity index (χ3v) is 4.15. The first kappa shape index (κ1) is 10.3. The van der Waals surface area contributed by atoms with Crippen molar-refractivity contribution in [2.75, 3.05) is 31.1 Å². The fraction of sp³-hybridized carbons (Fsp3) is 0.429. The number of anilines is 1. The summed E-state index contributed by atoms with van der Waals surface area (Å²) < 4.78 is 0. The molecular formula is C14H16N4. The van der Waals surface area contributed by atoms with Crippen LogP contribution in [0.4, 0.5) is 5.95 Å². The lowest BCUT2D eigenvalue weighted by atomic mass is 10.0. The quantitative estimate of drug-likeness (QED) is 0.815. The molecule has 2 aromatic rings. The lowest BCUT2D eigenvalue weighted by molar-refractivity contribution is 0.533. The average molecular weight is 240 g/mol. The molecule has 0 amide bonds. The van der Waals surface area contributed by atoms with Crippen molar-refractivity contribution in [1.82, 2.24) is 15.3 Å². The largest absolute Gasteiger partial charge is 0.340 e. The number of nitrogens with zero attached hydrogens (tertiary/aromatic N) is 3. The maximum Gasteiger partial charge on any atom is 0.225 e. The second-order valence-electron chi connectivity index (χ2n) is 5.31. The molecule has 0 spiro atoms. The molecule has 0 bridgehead atoms. The fourth-order valence-electron chi connectivity index (χ4n) is 3.13. The van der Waals surface area contributed by atoms with Gasteiger partial charge in [-0.3, -0.25) is 0 Å². The molecule has 2 aliphatic heterocycles. The predicted octanol–water partition coefficient (Wildman–Crippen LogP) is 1.29. The van der Waals surface area contributed by atoms with E-state index in [1.165, 1.54) is 0 Å². The Balaban J connectivity index is 1.67. The van der Waals surface area contributed by atoms with Crippen molar-refractivity contribution in [2.24, 2.45) is 11.8 Å². The predicted molar refractivity (Wildman–Crippen MR) is 71.6 cm³/mol. The molecule has 92 valence electrons. The van der Waals surface area contributed by atoms with E-state index >= 15 is 0 Å². The maximum atomic E-state index is 4.68. The Morgan fingerprint density at radius 3 is 2.72 bits per heavy atom. The molecule has 0 saturated carbocycles. The van der Waals surface area contributed by atoms with Gasteiger partial charge in [0.05, 0.1) is 5.52 Å². The van der Waals surface area contributed by atoms with Gasteiger partial charge in [-0.05, 0) is 17.9 Å². The number of hydrogen-bond acceptors (Lipinski definition) is 4. The fourth-order valence-corrected chi connectivity index (χ4v) is 3.13. The molecule has 0 unspecified atom stereocenters. The number of aromatic nitrogens is 2. The highest BCUT2D eigenvalue weighted by Gasteiger charge is 2.36. The summed E-state index contributed by atoms with van der Waals surface area (Å²) in [6, 6.07) is 8.17. The van der Waals surface area contributed by atoms with Crippen molar-refractivity contribution >= 4 is 16.9 Å². The first-order valence-corrected chi connectivity index (χ1v) is 6.57. The highest BCUT2D eigenvalue weighted by Crippen LogP contribution is 2.29. The van der Waals surface area contributed by atoms with E-state index in [1.807, 2.05) is 18.3 Å². The van der Waals surface area contributed by atoms with Crippen LogP contribution in [-0.4, -0.2) is 36.1 Å². The van der Waals surface area contributed by atoms with Gasteiger partial charge in [0.25, 0.3) is 0 Å². The molecule has 3 heterocycles. The molecule has 2 aliphatic rings. The highest BCUT2D eigenvalue weighted by atomic mass is 15.3. The van der Waals surface area contributed by atoms with Crippen LogP contribution in [0.1, 0.15) is 0 Å². The lowest BCUT2D eigenvalue weighted by Gasteiger charge is -2.17. The molecule has 4 nitrogen and oxygen atoms in total. The topological polar surface area (TPSA) is 41.1 Å². The van der Waals surface area contributed by atoms with Gasteiger partial charge in [0.15, 0.2) is 0 Å². The normalized spacial score (nSPS) is 26.8. The van der Waals surface area contributed by atoms with E-state index in [1.54, 1.807) is 0 Å². The van der Waals surface area contributed by atoms with E-state index in [9.17, 15) is 0 Å². The SMILES string of the molecule is c1ccc2nc(N3C[C@H]4CNC[C@H]4C3)ncc2c1. The van der Waals surface area contributed by atoms with Gasteiger partial charge in [0, 0.05) is 37.8 Å². The molecule has 0 aliphatic carbocycles. The summed E-state index contributed by atoms with van der Waals surface area (Å²) in [5.74, 6) is 2.45. The summed E-state index contributed by atoms with van der Waals surface area (Å²) in [5.41, 5.74) is 1.04. The van der Waals surface area contributed by atoms with Gasteiger partial charge in [-0.2, -0.15) is 0 Å². The van der Waals surface area contributed by atoms with Crippen LogP contribution >= 0.6 is 0 Å². The van der Waals surface area contributed by atoms with Crippen molar-refractivity contribution in [3.05, 3.63) is 30.5 Å². The van der Waals surface area contributed by atoms with E-state index in [2.05, 4.69) is 32.3 Å². The second-order valence-corrected chi connectivity index (χ2v) is 5.31. The van der Waals surface area contributed by atoms with Gasteiger partial charge in [0.1, 0.15) is 0 Å². The van der Waals surface area contributed by atoms with Crippen LogP contribution in [0.15, 0.2) is 30.5 Å². The molecule has 4 rings (SSSR count). The van der Waals surface area contributed by atoms with Crippen LogP contribution in [0, 0.1) is 11.8 Å². The minimum Gasteiger partial charge on any atom is -0.340 e. The minimum atomic E-state index is 0.778. The van der Waals surface area contributed by atoms with E-state index in [0.29, 0.717) is 0 Å². The van der Waals surface area contributed by atoms with Crippen LogP contribution in [0.2, 0.25) is 0 Å². The van der Waals surface area contributed by atoms with E-state index in [0.717, 1.165) is 54.9 Å². The summed E-state index contributed by atoms with van der Waals surface area (Å²) in [6.07, 6.45) is 1.93. The Hall–Kier alpha value is -1.68. The maximum absolute atomic E-state index is 4.68. The number of fused-ring (bicyclic) bond motifs is 2. The van der Waals surface area contributed by atoms with Crippen molar-refractivity contribution < 1.29 is 0 Å².